The molecule has 0 bridgehead atoms. The van der Waals surface area contributed by atoms with Crippen molar-refractivity contribution in [1.29, 1.82) is 0 Å². The Kier molecular flexibility index (Phi) is 6.10. The number of aliphatic hydroxyl groups excluding tert-OH is 1. The first-order chi connectivity index (χ1) is 14.5. The van der Waals surface area contributed by atoms with Gasteiger partial charge in [-0.25, -0.2) is 15.0 Å². The second-order valence-corrected chi connectivity index (χ2v) is 8.17. The smallest absolute Gasteiger partial charge is 0.272 e. The molecule has 30 heavy (non-hydrogen) atoms. The Morgan fingerprint density at radius 3 is 2.83 bits per heavy atom. The van der Waals surface area contributed by atoms with Crippen molar-refractivity contribution in [3.05, 3.63) is 36.7 Å². The fraction of sp³-hybridized carbons (Fsp3) is 0.524. The third-order valence-electron chi connectivity index (χ3n) is 5.63. The van der Waals surface area contributed by atoms with Gasteiger partial charge in [-0.05, 0) is 37.7 Å². The normalized spacial score (nSPS) is 20.5. The topological polar surface area (TPSA) is 118 Å². The first-order valence-electron chi connectivity index (χ1n) is 10.4. The molecule has 0 radical (unpaired) electrons. The van der Waals surface area contributed by atoms with E-state index in [0.29, 0.717) is 29.3 Å². The molecule has 0 unspecified atom stereocenters. The first-order valence-corrected chi connectivity index (χ1v) is 10.4. The zero-order valence-electron chi connectivity index (χ0n) is 17.3. The number of amides is 1. The van der Waals surface area contributed by atoms with E-state index in [4.69, 9.17) is 4.74 Å². The number of nitrogens with zero attached hydrogens (tertiary/aromatic N) is 4. The number of imidazole rings is 1. The maximum atomic E-state index is 13.0. The Bertz CT molecular complexity index is 976. The molecule has 0 saturated heterocycles. The van der Waals surface area contributed by atoms with E-state index in [1.54, 1.807) is 29.5 Å². The van der Waals surface area contributed by atoms with Crippen LogP contribution in [0.3, 0.4) is 0 Å². The van der Waals surface area contributed by atoms with Gasteiger partial charge in [0, 0.05) is 24.6 Å². The Morgan fingerprint density at radius 2 is 2.13 bits per heavy atom. The number of H-pyrrole nitrogens is 1. The maximum absolute atomic E-state index is 13.0. The summed E-state index contributed by atoms with van der Waals surface area (Å²) in [5.41, 5.74) is 1.63. The van der Waals surface area contributed by atoms with Crippen LogP contribution in [0.4, 0.5) is 0 Å². The fourth-order valence-corrected chi connectivity index (χ4v) is 3.64. The number of aromatic amines is 1. The molecule has 9 heteroatoms. The van der Waals surface area contributed by atoms with Gasteiger partial charge >= 0.3 is 0 Å². The van der Waals surface area contributed by atoms with E-state index in [-0.39, 0.29) is 24.0 Å². The summed E-state index contributed by atoms with van der Waals surface area (Å²) in [6.45, 7) is 4.32. The number of ether oxygens (including phenoxy) is 1. The molecule has 160 valence electrons. The summed E-state index contributed by atoms with van der Waals surface area (Å²) in [5.74, 6) is 0.377. The molecule has 0 aliphatic heterocycles. The number of hydrogen-bond acceptors (Lipinski definition) is 6. The lowest BCUT2D eigenvalue weighted by molar-refractivity contribution is -0.0399. The first kappa shape index (κ1) is 20.5. The zero-order valence-corrected chi connectivity index (χ0v) is 17.3. The summed E-state index contributed by atoms with van der Waals surface area (Å²) in [6, 6.07) is 1.89. The lowest BCUT2D eigenvalue weighted by Gasteiger charge is -2.30. The van der Waals surface area contributed by atoms with Crippen molar-refractivity contribution in [3.63, 3.8) is 0 Å². The quantitative estimate of drug-likeness (QED) is 0.548. The van der Waals surface area contributed by atoms with Crippen molar-refractivity contribution >= 4 is 16.9 Å². The van der Waals surface area contributed by atoms with Gasteiger partial charge in [-0.15, -0.1) is 0 Å². The summed E-state index contributed by atoms with van der Waals surface area (Å²) < 4.78 is 7.53. The molecule has 1 amide bonds. The Hall–Kier alpha value is -2.78. The molecule has 0 spiro atoms. The van der Waals surface area contributed by atoms with E-state index < -0.39 is 6.10 Å². The third-order valence-corrected chi connectivity index (χ3v) is 5.63. The molecular weight excluding hydrogens is 384 g/mol. The Balaban J connectivity index is 1.39. The predicted octanol–water partition coefficient (Wildman–Crippen LogP) is 2.22. The van der Waals surface area contributed by atoms with Crippen LogP contribution < -0.4 is 5.32 Å². The predicted molar refractivity (Wildman–Crippen MR) is 111 cm³/mol. The van der Waals surface area contributed by atoms with Crippen molar-refractivity contribution in [2.45, 2.75) is 57.8 Å². The number of aromatic nitrogens is 5. The van der Waals surface area contributed by atoms with Gasteiger partial charge in [0.1, 0.15) is 6.33 Å². The second kappa shape index (κ2) is 8.93. The molecule has 3 heterocycles. The van der Waals surface area contributed by atoms with Crippen molar-refractivity contribution < 1.29 is 14.6 Å². The summed E-state index contributed by atoms with van der Waals surface area (Å²) in [6.07, 6.45) is 9.83. The lowest BCUT2D eigenvalue weighted by Crippen LogP contribution is -2.40. The molecular formula is C21H28N6O3. The van der Waals surface area contributed by atoms with Gasteiger partial charge in [0.25, 0.3) is 5.91 Å². The molecule has 4 rings (SSSR count). The van der Waals surface area contributed by atoms with E-state index >= 15 is 0 Å². The monoisotopic (exact) mass is 412 g/mol. The van der Waals surface area contributed by atoms with Crippen LogP contribution in [0.2, 0.25) is 0 Å². The molecule has 1 fully saturated rings. The number of carbonyl (C=O) groups is 1. The number of hydrogen-bond donors (Lipinski definition) is 3. The molecule has 1 atom stereocenters. The summed E-state index contributed by atoms with van der Waals surface area (Å²) in [5, 5.41) is 13.0. The maximum Gasteiger partial charge on any atom is 0.272 e. The molecule has 1 aliphatic rings. The van der Waals surface area contributed by atoms with Gasteiger partial charge in [-0.2, -0.15) is 0 Å². The molecule has 1 saturated carbocycles. The van der Waals surface area contributed by atoms with Crippen LogP contribution >= 0.6 is 0 Å². The minimum absolute atomic E-state index is 0.0732. The van der Waals surface area contributed by atoms with Crippen LogP contribution in [0.25, 0.3) is 17.0 Å². The van der Waals surface area contributed by atoms with Crippen molar-refractivity contribution in [2.24, 2.45) is 5.92 Å². The van der Waals surface area contributed by atoms with Gasteiger partial charge < -0.3 is 20.1 Å². The number of carbonyl (C=O) groups excluding carboxylic acids is 1. The van der Waals surface area contributed by atoms with Gasteiger partial charge in [0.15, 0.2) is 5.69 Å². The summed E-state index contributed by atoms with van der Waals surface area (Å²) in [7, 11) is 0. The van der Waals surface area contributed by atoms with Crippen LogP contribution in [-0.2, 0) is 4.74 Å². The van der Waals surface area contributed by atoms with Gasteiger partial charge in [-0.1, -0.05) is 13.8 Å². The summed E-state index contributed by atoms with van der Waals surface area (Å²) in [4.78, 5) is 29.1. The van der Waals surface area contributed by atoms with Crippen LogP contribution in [-0.4, -0.2) is 60.4 Å². The molecule has 3 aromatic heterocycles. The SMILES string of the molecule is CC(C)[C@@H](O)COC1CCC(NC(=O)c2nc(-n3ccnc3)nc3cc[nH]c23)CC1. The average molecular weight is 412 g/mol. The van der Waals surface area contributed by atoms with Crippen LogP contribution in [0.5, 0.6) is 0 Å². The second-order valence-electron chi connectivity index (χ2n) is 8.17. The highest BCUT2D eigenvalue weighted by molar-refractivity contribution is 6.03. The minimum Gasteiger partial charge on any atom is -0.390 e. The molecule has 3 N–H and O–H groups in total. The van der Waals surface area contributed by atoms with E-state index in [2.05, 4.69) is 25.3 Å². The van der Waals surface area contributed by atoms with Crippen molar-refractivity contribution in [3.8, 4) is 5.95 Å². The number of nitrogens with one attached hydrogen (secondary N) is 2. The van der Waals surface area contributed by atoms with Crippen molar-refractivity contribution in [2.75, 3.05) is 6.61 Å². The molecule has 1 aliphatic carbocycles. The highest BCUT2D eigenvalue weighted by Crippen LogP contribution is 2.23. The highest BCUT2D eigenvalue weighted by atomic mass is 16.5. The number of aliphatic hydroxyl groups is 1. The average Bonchev–Trinajstić information content (AvgIpc) is 3.43. The van der Waals surface area contributed by atoms with E-state index in [1.165, 1.54) is 0 Å². The zero-order chi connectivity index (χ0) is 21.1. The number of rotatable bonds is 7. The minimum atomic E-state index is -0.437. The molecule has 0 aromatic carbocycles. The van der Waals surface area contributed by atoms with E-state index in [9.17, 15) is 9.90 Å². The van der Waals surface area contributed by atoms with Gasteiger partial charge in [0.2, 0.25) is 5.95 Å². The largest absolute Gasteiger partial charge is 0.390 e. The van der Waals surface area contributed by atoms with Crippen LogP contribution in [0, 0.1) is 5.92 Å². The van der Waals surface area contributed by atoms with Gasteiger partial charge in [-0.3, -0.25) is 9.36 Å². The van der Waals surface area contributed by atoms with Crippen LogP contribution in [0.1, 0.15) is 50.0 Å². The molecule has 3 aromatic rings. The third kappa shape index (κ3) is 4.52. The highest BCUT2D eigenvalue weighted by Gasteiger charge is 2.26. The molecule has 9 nitrogen and oxygen atoms in total. The Morgan fingerprint density at radius 1 is 1.33 bits per heavy atom. The fourth-order valence-electron chi connectivity index (χ4n) is 3.64. The standard InChI is InChI=1S/C21H28N6O3/c1-13(2)17(28)11-30-15-5-3-14(4-6-15)24-20(29)19-18-16(7-8-23-18)25-21(26-19)27-10-9-22-12-27/h7-10,12-15,17,23,28H,3-6,11H2,1-2H3,(H,24,29)/t14?,15?,17-/m0/s1. The van der Waals surface area contributed by atoms with E-state index in [0.717, 1.165) is 25.7 Å². The van der Waals surface area contributed by atoms with E-state index in [1.807, 2.05) is 19.9 Å². The Labute approximate surface area is 174 Å². The van der Waals surface area contributed by atoms with Crippen LogP contribution in [0.15, 0.2) is 31.0 Å². The van der Waals surface area contributed by atoms with Crippen molar-refractivity contribution in [1.82, 2.24) is 29.8 Å². The summed E-state index contributed by atoms with van der Waals surface area (Å²) >= 11 is 0. The lowest BCUT2D eigenvalue weighted by atomic mass is 9.92. The number of fused-ring (bicyclic) bond motifs is 1. The van der Waals surface area contributed by atoms with Gasteiger partial charge in [0.05, 0.1) is 29.8 Å².